The van der Waals surface area contributed by atoms with Gasteiger partial charge in [0.1, 0.15) is 11.9 Å². The fourth-order valence-corrected chi connectivity index (χ4v) is 3.42. The van der Waals surface area contributed by atoms with E-state index in [0.717, 1.165) is 11.8 Å². The first-order chi connectivity index (χ1) is 13.6. The standard InChI is InChI=1S/C22H20F2N2O2/c23-17-6-7-21(20(24)15-17)28-19-8-12-26(13-9-19)22(27)16-4-3-5-18(14-16)25-10-1-2-11-25/h1-7,10-11,14-15,19H,8-9,12-13H2. The zero-order chi connectivity index (χ0) is 19.5. The summed E-state index contributed by atoms with van der Waals surface area (Å²) in [5.41, 5.74) is 1.57. The summed E-state index contributed by atoms with van der Waals surface area (Å²) in [5, 5.41) is 0. The molecule has 0 saturated carbocycles. The van der Waals surface area contributed by atoms with Crippen LogP contribution in [-0.4, -0.2) is 34.6 Å². The van der Waals surface area contributed by atoms with Gasteiger partial charge in [-0.3, -0.25) is 4.79 Å². The van der Waals surface area contributed by atoms with Gasteiger partial charge in [0.25, 0.3) is 5.91 Å². The molecule has 2 aromatic carbocycles. The quantitative estimate of drug-likeness (QED) is 0.669. The second-order valence-corrected chi connectivity index (χ2v) is 6.82. The van der Waals surface area contributed by atoms with Crippen molar-refractivity contribution in [1.82, 2.24) is 9.47 Å². The molecular weight excluding hydrogens is 362 g/mol. The Hall–Kier alpha value is -3.15. The van der Waals surface area contributed by atoms with Gasteiger partial charge in [-0.05, 0) is 42.5 Å². The molecule has 0 aliphatic carbocycles. The van der Waals surface area contributed by atoms with E-state index in [1.807, 2.05) is 53.4 Å². The van der Waals surface area contributed by atoms with Crippen molar-refractivity contribution in [2.45, 2.75) is 18.9 Å². The number of carbonyl (C=O) groups is 1. The number of piperidine rings is 1. The molecular formula is C22H20F2N2O2. The molecule has 1 amide bonds. The Kier molecular flexibility index (Phi) is 5.10. The van der Waals surface area contributed by atoms with Crippen molar-refractivity contribution in [1.29, 1.82) is 0 Å². The summed E-state index contributed by atoms with van der Waals surface area (Å²) in [6, 6.07) is 14.7. The molecule has 2 heterocycles. The van der Waals surface area contributed by atoms with Crippen molar-refractivity contribution in [3.05, 3.63) is 84.2 Å². The highest BCUT2D eigenvalue weighted by atomic mass is 19.1. The van der Waals surface area contributed by atoms with Gasteiger partial charge in [0.2, 0.25) is 0 Å². The average molecular weight is 382 g/mol. The van der Waals surface area contributed by atoms with Gasteiger partial charge < -0.3 is 14.2 Å². The van der Waals surface area contributed by atoms with Crippen LogP contribution in [0.5, 0.6) is 5.75 Å². The minimum atomic E-state index is -0.708. The SMILES string of the molecule is O=C(c1cccc(-n2cccc2)c1)N1CCC(Oc2ccc(F)cc2F)CC1. The van der Waals surface area contributed by atoms with E-state index < -0.39 is 11.6 Å². The number of likely N-dealkylation sites (tertiary alicyclic amines) is 1. The summed E-state index contributed by atoms with van der Waals surface area (Å²) < 4.78 is 34.4. The Balaban J connectivity index is 1.38. The molecule has 0 radical (unpaired) electrons. The molecule has 3 aromatic rings. The minimum absolute atomic E-state index is 0.0274. The van der Waals surface area contributed by atoms with E-state index in [1.54, 1.807) is 4.90 Å². The molecule has 0 unspecified atom stereocenters. The van der Waals surface area contributed by atoms with Crippen LogP contribution < -0.4 is 4.74 Å². The molecule has 0 bridgehead atoms. The molecule has 28 heavy (non-hydrogen) atoms. The maximum atomic E-state index is 13.8. The number of halogens is 2. The topological polar surface area (TPSA) is 34.5 Å². The fraction of sp³-hybridized carbons (Fsp3) is 0.227. The van der Waals surface area contributed by atoms with Gasteiger partial charge >= 0.3 is 0 Å². The van der Waals surface area contributed by atoms with Crippen LogP contribution in [0.25, 0.3) is 5.69 Å². The number of hydrogen-bond donors (Lipinski definition) is 0. The number of benzene rings is 2. The molecule has 4 rings (SSSR count). The van der Waals surface area contributed by atoms with E-state index in [4.69, 9.17) is 4.74 Å². The predicted octanol–water partition coefficient (Wildman–Crippen LogP) is 4.44. The molecule has 1 fully saturated rings. The van der Waals surface area contributed by atoms with Crippen molar-refractivity contribution >= 4 is 5.91 Å². The van der Waals surface area contributed by atoms with Gasteiger partial charge in [0.05, 0.1) is 0 Å². The zero-order valence-corrected chi connectivity index (χ0v) is 15.2. The maximum Gasteiger partial charge on any atom is 0.253 e. The van der Waals surface area contributed by atoms with Crippen LogP contribution in [0.15, 0.2) is 67.0 Å². The second-order valence-electron chi connectivity index (χ2n) is 6.82. The molecule has 0 atom stereocenters. The van der Waals surface area contributed by atoms with Crippen molar-refractivity contribution in [3.8, 4) is 11.4 Å². The van der Waals surface area contributed by atoms with Crippen molar-refractivity contribution < 1.29 is 18.3 Å². The smallest absolute Gasteiger partial charge is 0.253 e. The number of aromatic nitrogens is 1. The molecule has 1 saturated heterocycles. The van der Waals surface area contributed by atoms with Crippen molar-refractivity contribution in [2.75, 3.05) is 13.1 Å². The monoisotopic (exact) mass is 382 g/mol. The lowest BCUT2D eigenvalue weighted by atomic mass is 10.1. The normalized spacial score (nSPS) is 14.9. The second kappa shape index (κ2) is 7.84. The van der Waals surface area contributed by atoms with Crippen LogP contribution >= 0.6 is 0 Å². The van der Waals surface area contributed by atoms with Gasteiger partial charge in [-0.25, -0.2) is 8.78 Å². The van der Waals surface area contributed by atoms with Crippen LogP contribution in [0, 0.1) is 11.6 Å². The average Bonchev–Trinajstić information content (AvgIpc) is 3.25. The summed E-state index contributed by atoms with van der Waals surface area (Å²) in [5.74, 6) is -1.32. The minimum Gasteiger partial charge on any atom is -0.487 e. The zero-order valence-electron chi connectivity index (χ0n) is 15.2. The Morgan fingerprint density at radius 3 is 2.43 bits per heavy atom. The van der Waals surface area contributed by atoms with Gasteiger partial charge in [-0.1, -0.05) is 6.07 Å². The number of nitrogens with zero attached hydrogens (tertiary/aromatic N) is 2. The maximum absolute atomic E-state index is 13.8. The first-order valence-electron chi connectivity index (χ1n) is 9.24. The third kappa shape index (κ3) is 3.91. The lowest BCUT2D eigenvalue weighted by Crippen LogP contribution is -2.41. The van der Waals surface area contributed by atoms with Crippen molar-refractivity contribution in [2.24, 2.45) is 0 Å². The molecule has 1 aliphatic rings. The van der Waals surface area contributed by atoms with Crippen LogP contribution in [0.4, 0.5) is 8.78 Å². The molecule has 1 aromatic heterocycles. The first-order valence-corrected chi connectivity index (χ1v) is 9.24. The Bertz CT molecular complexity index is 964. The largest absolute Gasteiger partial charge is 0.487 e. The lowest BCUT2D eigenvalue weighted by molar-refractivity contribution is 0.0588. The highest BCUT2D eigenvalue weighted by Crippen LogP contribution is 2.24. The summed E-state index contributed by atoms with van der Waals surface area (Å²) in [4.78, 5) is 14.6. The third-order valence-corrected chi connectivity index (χ3v) is 4.91. The number of amides is 1. The molecule has 0 spiro atoms. The van der Waals surface area contributed by atoms with Gasteiger partial charge in [0, 0.05) is 55.6 Å². The van der Waals surface area contributed by atoms with E-state index in [9.17, 15) is 13.6 Å². The fourth-order valence-electron chi connectivity index (χ4n) is 3.42. The lowest BCUT2D eigenvalue weighted by Gasteiger charge is -2.32. The Labute approximate surface area is 162 Å². The number of hydrogen-bond acceptors (Lipinski definition) is 2. The van der Waals surface area contributed by atoms with Gasteiger partial charge in [-0.2, -0.15) is 0 Å². The molecule has 144 valence electrons. The van der Waals surface area contributed by atoms with Crippen molar-refractivity contribution in [3.63, 3.8) is 0 Å². The molecule has 6 heteroatoms. The summed E-state index contributed by atoms with van der Waals surface area (Å²) in [6.07, 6.45) is 4.86. The van der Waals surface area contributed by atoms with Crippen LogP contribution in [0.2, 0.25) is 0 Å². The summed E-state index contributed by atoms with van der Waals surface area (Å²) in [7, 11) is 0. The van der Waals surface area contributed by atoms with E-state index in [1.165, 1.54) is 12.1 Å². The van der Waals surface area contributed by atoms with Crippen LogP contribution in [0.3, 0.4) is 0 Å². The number of carbonyl (C=O) groups excluding carboxylic acids is 1. The van der Waals surface area contributed by atoms with Gasteiger partial charge in [-0.15, -0.1) is 0 Å². The Morgan fingerprint density at radius 2 is 1.71 bits per heavy atom. The van der Waals surface area contributed by atoms with E-state index >= 15 is 0 Å². The van der Waals surface area contributed by atoms with Crippen LogP contribution in [-0.2, 0) is 0 Å². The molecule has 4 nitrogen and oxygen atoms in total. The number of ether oxygens (including phenoxy) is 1. The Morgan fingerprint density at radius 1 is 0.964 bits per heavy atom. The predicted molar refractivity (Wildman–Crippen MR) is 102 cm³/mol. The highest BCUT2D eigenvalue weighted by Gasteiger charge is 2.25. The third-order valence-electron chi connectivity index (χ3n) is 4.91. The van der Waals surface area contributed by atoms with Crippen LogP contribution in [0.1, 0.15) is 23.2 Å². The number of rotatable bonds is 4. The van der Waals surface area contributed by atoms with E-state index in [0.29, 0.717) is 31.5 Å². The van der Waals surface area contributed by atoms with E-state index in [2.05, 4.69) is 0 Å². The van der Waals surface area contributed by atoms with E-state index in [-0.39, 0.29) is 17.8 Å². The summed E-state index contributed by atoms with van der Waals surface area (Å²) in [6.45, 7) is 1.06. The van der Waals surface area contributed by atoms with Gasteiger partial charge in [0.15, 0.2) is 11.6 Å². The summed E-state index contributed by atoms with van der Waals surface area (Å²) >= 11 is 0. The molecule has 1 aliphatic heterocycles. The highest BCUT2D eigenvalue weighted by molar-refractivity contribution is 5.94. The molecule has 0 N–H and O–H groups in total. The first kappa shape index (κ1) is 18.2.